The van der Waals surface area contributed by atoms with Gasteiger partial charge in [-0.15, -0.1) is 0 Å². The van der Waals surface area contributed by atoms with E-state index < -0.39 is 23.9 Å². The van der Waals surface area contributed by atoms with Gasteiger partial charge in [0.05, 0.1) is 5.69 Å². The summed E-state index contributed by atoms with van der Waals surface area (Å²) in [7, 11) is 1.34. The van der Waals surface area contributed by atoms with Gasteiger partial charge in [-0.1, -0.05) is 12.1 Å². The SMILES string of the molecule is CO[C@@H]1C(=O)N(c2ccccc2F)[C@@H]1C=O. The van der Waals surface area contributed by atoms with Crippen LogP contribution in [0.4, 0.5) is 10.1 Å². The Morgan fingerprint density at radius 3 is 2.69 bits per heavy atom. The number of carbonyl (C=O) groups is 2. The number of halogens is 1. The highest BCUT2D eigenvalue weighted by Crippen LogP contribution is 2.30. The van der Waals surface area contributed by atoms with E-state index in [-0.39, 0.29) is 5.69 Å². The third-order valence-corrected chi connectivity index (χ3v) is 2.59. The molecule has 4 nitrogen and oxygen atoms in total. The number of para-hydroxylation sites is 1. The molecule has 2 atom stereocenters. The molecule has 2 rings (SSSR count). The second kappa shape index (κ2) is 4.02. The zero-order valence-corrected chi connectivity index (χ0v) is 8.59. The molecule has 0 aromatic heterocycles. The Morgan fingerprint density at radius 2 is 2.12 bits per heavy atom. The molecule has 1 aliphatic rings. The fourth-order valence-electron chi connectivity index (χ4n) is 1.78. The number of ether oxygens (including phenoxy) is 1. The van der Waals surface area contributed by atoms with E-state index in [1.807, 2.05) is 0 Å². The smallest absolute Gasteiger partial charge is 0.259 e. The van der Waals surface area contributed by atoms with Crippen LogP contribution in [0.2, 0.25) is 0 Å². The molecule has 1 aromatic carbocycles. The summed E-state index contributed by atoms with van der Waals surface area (Å²) in [5.41, 5.74) is 0.109. The molecule has 0 N–H and O–H groups in total. The third-order valence-electron chi connectivity index (χ3n) is 2.59. The first-order chi connectivity index (χ1) is 7.70. The summed E-state index contributed by atoms with van der Waals surface area (Å²) in [4.78, 5) is 23.5. The summed E-state index contributed by atoms with van der Waals surface area (Å²) >= 11 is 0. The van der Waals surface area contributed by atoms with Crippen molar-refractivity contribution in [3.8, 4) is 0 Å². The lowest BCUT2D eigenvalue weighted by Gasteiger charge is -2.42. The molecule has 0 radical (unpaired) electrons. The van der Waals surface area contributed by atoms with E-state index in [1.54, 1.807) is 6.07 Å². The van der Waals surface area contributed by atoms with Crippen molar-refractivity contribution in [3.63, 3.8) is 0 Å². The fraction of sp³-hybridized carbons (Fsp3) is 0.273. The normalized spacial score (nSPS) is 24.1. The van der Waals surface area contributed by atoms with Crippen molar-refractivity contribution >= 4 is 17.9 Å². The van der Waals surface area contributed by atoms with Crippen molar-refractivity contribution in [2.75, 3.05) is 12.0 Å². The molecule has 0 spiro atoms. The molecule has 1 heterocycles. The standard InChI is InChI=1S/C11H10FNO3/c1-16-10-9(6-14)13(11(10)15)8-5-3-2-4-7(8)12/h2-6,9-10H,1H3/t9-,10+/m1/s1. The van der Waals surface area contributed by atoms with Crippen molar-refractivity contribution in [3.05, 3.63) is 30.1 Å². The molecule has 0 bridgehead atoms. The Bertz CT molecular complexity index is 435. The van der Waals surface area contributed by atoms with E-state index in [2.05, 4.69) is 0 Å². The number of benzene rings is 1. The minimum Gasteiger partial charge on any atom is -0.369 e. The summed E-state index contributed by atoms with van der Waals surface area (Å²) < 4.78 is 18.3. The molecular formula is C11H10FNO3. The van der Waals surface area contributed by atoms with Gasteiger partial charge in [0.1, 0.15) is 18.1 Å². The van der Waals surface area contributed by atoms with Gasteiger partial charge in [-0.05, 0) is 12.1 Å². The molecule has 0 saturated carbocycles. The van der Waals surface area contributed by atoms with Crippen molar-refractivity contribution in [1.82, 2.24) is 0 Å². The molecule has 0 aliphatic carbocycles. The van der Waals surface area contributed by atoms with Gasteiger partial charge in [0.15, 0.2) is 6.10 Å². The Morgan fingerprint density at radius 1 is 1.44 bits per heavy atom. The molecule has 84 valence electrons. The number of anilines is 1. The summed E-state index contributed by atoms with van der Waals surface area (Å²) in [6.45, 7) is 0. The van der Waals surface area contributed by atoms with Crippen LogP contribution in [0.1, 0.15) is 0 Å². The quantitative estimate of drug-likeness (QED) is 0.561. The summed E-state index contributed by atoms with van der Waals surface area (Å²) in [5.74, 6) is -0.929. The Hall–Kier alpha value is -1.75. The van der Waals surface area contributed by atoms with Crippen LogP contribution in [0.25, 0.3) is 0 Å². The minimum absolute atomic E-state index is 0.109. The minimum atomic E-state index is -0.794. The van der Waals surface area contributed by atoms with Gasteiger partial charge in [0.25, 0.3) is 5.91 Å². The summed E-state index contributed by atoms with van der Waals surface area (Å²) in [6.07, 6.45) is -0.209. The fourth-order valence-corrected chi connectivity index (χ4v) is 1.78. The Kier molecular flexibility index (Phi) is 2.70. The van der Waals surface area contributed by atoms with Crippen LogP contribution in [0.5, 0.6) is 0 Å². The van der Waals surface area contributed by atoms with E-state index in [0.717, 1.165) is 4.90 Å². The van der Waals surface area contributed by atoms with Crippen LogP contribution in [0.3, 0.4) is 0 Å². The molecule has 1 aliphatic heterocycles. The van der Waals surface area contributed by atoms with Crippen LogP contribution in [0, 0.1) is 5.82 Å². The molecule has 0 unspecified atom stereocenters. The molecule has 1 saturated heterocycles. The number of methoxy groups -OCH3 is 1. The number of amides is 1. The van der Waals surface area contributed by atoms with Gasteiger partial charge in [-0.3, -0.25) is 9.69 Å². The Labute approximate surface area is 91.6 Å². The number of hydrogen-bond donors (Lipinski definition) is 0. The van der Waals surface area contributed by atoms with Crippen LogP contribution in [-0.4, -0.2) is 31.4 Å². The van der Waals surface area contributed by atoms with E-state index in [9.17, 15) is 14.0 Å². The van der Waals surface area contributed by atoms with E-state index in [4.69, 9.17) is 4.74 Å². The maximum Gasteiger partial charge on any atom is 0.259 e. The number of nitrogens with zero attached hydrogens (tertiary/aromatic N) is 1. The van der Waals surface area contributed by atoms with Gasteiger partial charge >= 0.3 is 0 Å². The zero-order chi connectivity index (χ0) is 11.7. The van der Waals surface area contributed by atoms with Crippen LogP contribution >= 0.6 is 0 Å². The van der Waals surface area contributed by atoms with Gasteiger partial charge in [-0.2, -0.15) is 0 Å². The topological polar surface area (TPSA) is 46.6 Å². The second-order valence-electron chi connectivity index (χ2n) is 3.44. The molecule has 1 aromatic rings. The maximum atomic E-state index is 13.4. The average Bonchev–Trinajstić information content (AvgIpc) is 2.29. The lowest BCUT2D eigenvalue weighted by Crippen LogP contribution is -2.66. The predicted molar refractivity (Wildman–Crippen MR) is 54.5 cm³/mol. The number of rotatable bonds is 3. The van der Waals surface area contributed by atoms with Crippen LogP contribution in [0.15, 0.2) is 24.3 Å². The molecule has 16 heavy (non-hydrogen) atoms. The lowest BCUT2D eigenvalue weighted by atomic mass is 9.98. The van der Waals surface area contributed by atoms with Crippen molar-refractivity contribution in [2.24, 2.45) is 0 Å². The number of aldehydes is 1. The monoisotopic (exact) mass is 223 g/mol. The lowest BCUT2D eigenvalue weighted by molar-refractivity contribution is -0.142. The highest BCUT2D eigenvalue weighted by molar-refractivity contribution is 6.10. The second-order valence-corrected chi connectivity index (χ2v) is 3.44. The third kappa shape index (κ3) is 1.40. The first-order valence-electron chi connectivity index (χ1n) is 4.76. The highest BCUT2D eigenvalue weighted by Gasteiger charge is 2.49. The van der Waals surface area contributed by atoms with Crippen molar-refractivity contribution in [2.45, 2.75) is 12.1 Å². The molecule has 5 heteroatoms. The van der Waals surface area contributed by atoms with Gasteiger partial charge in [-0.25, -0.2) is 4.39 Å². The van der Waals surface area contributed by atoms with E-state index in [0.29, 0.717) is 6.29 Å². The number of carbonyl (C=O) groups excluding carboxylic acids is 2. The maximum absolute atomic E-state index is 13.4. The van der Waals surface area contributed by atoms with Crippen molar-refractivity contribution in [1.29, 1.82) is 0 Å². The average molecular weight is 223 g/mol. The number of hydrogen-bond acceptors (Lipinski definition) is 3. The van der Waals surface area contributed by atoms with Gasteiger partial charge in [0, 0.05) is 7.11 Å². The highest BCUT2D eigenvalue weighted by atomic mass is 19.1. The largest absolute Gasteiger partial charge is 0.369 e. The van der Waals surface area contributed by atoms with Gasteiger partial charge in [0.2, 0.25) is 0 Å². The predicted octanol–water partition coefficient (Wildman–Crippen LogP) is 0.755. The van der Waals surface area contributed by atoms with Crippen LogP contribution in [-0.2, 0) is 14.3 Å². The van der Waals surface area contributed by atoms with Crippen LogP contribution < -0.4 is 4.90 Å². The summed E-state index contributed by atoms with van der Waals surface area (Å²) in [5, 5.41) is 0. The van der Waals surface area contributed by atoms with Crippen molar-refractivity contribution < 1.29 is 18.7 Å². The van der Waals surface area contributed by atoms with Gasteiger partial charge < -0.3 is 9.53 Å². The van der Waals surface area contributed by atoms with E-state index in [1.165, 1.54) is 25.3 Å². The molecule has 1 fully saturated rings. The Balaban J connectivity index is 2.33. The first-order valence-corrected chi connectivity index (χ1v) is 4.76. The number of β-lactam (4-membered cyclic amide) rings is 1. The molecule has 1 amide bonds. The zero-order valence-electron chi connectivity index (χ0n) is 8.59. The van der Waals surface area contributed by atoms with E-state index >= 15 is 0 Å². The molecular weight excluding hydrogens is 213 g/mol. The first kappa shape index (κ1) is 10.8. The summed E-state index contributed by atoms with van der Waals surface area (Å²) in [6, 6.07) is 5.08.